The van der Waals surface area contributed by atoms with Gasteiger partial charge in [0, 0.05) is 32.7 Å². The number of carbonyl (C=O) groups is 2. The predicted molar refractivity (Wildman–Crippen MR) is 45.1 cm³/mol. The second-order valence-corrected chi connectivity index (χ2v) is 1.98. The van der Waals surface area contributed by atoms with E-state index in [1.165, 1.54) is 26.3 Å². The third-order valence-corrected chi connectivity index (χ3v) is 0.722. The molecule has 0 rings (SSSR count). The fraction of sp³-hybridized carbons (Fsp3) is 0.429. The minimum atomic E-state index is -0.492. The number of carbonyl (C=O) groups excluding carboxylic acids is 2. The van der Waals surface area contributed by atoms with Crippen molar-refractivity contribution in [1.29, 1.82) is 0 Å². The van der Waals surface area contributed by atoms with E-state index < -0.39 is 11.9 Å². The van der Waals surface area contributed by atoms with Gasteiger partial charge < -0.3 is 9.68 Å². The van der Waals surface area contributed by atoms with Gasteiger partial charge in [0.05, 0.1) is 0 Å². The highest BCUT2D eigenvalue weighted by Gasteiger charge is 1.86. The van der Waals surface area contributed by atoms with E-state index in [1.54, 1.807) is 0 Å². The highest BCUT2D eigenvalue weighted by Crippen LogP contribution is 1.79. The van der Waals surface area contributed by atoms with Crippen LogP contribution >= 0.6 is 0 Å². The molecule has 0 atom stereocenters. The van der Waals surface area contributed by atoms with Crippen LogP contribution in [0.2, 0.25) is 0 Å². The second kappa shape index (κ2) is 6.96. The van der Waals surface area contributed by atoms with Crippen molar-refractivity contribution in [2.45, 2.75) is 20.3 Å². The lowest BCUT2D eigenvalue weighted by Crippen LogP contribution is -1.93. The van der Waals surface area contributed by atoms with E-state index >= 15 is 0 Å². The highest BCUT2D eigenvalue weighted by atomic mass is 16.7. The molecule has 0 aromatic heterocycles. The maximum absolute atomic E-state index is 10.2. The summed E-state index contributed by atoms with van der Waals surface area (Å²) in [5, 5.41) is 6.56. The van der Waals surface area contributed by atoms with Gasteiger partial charge in [-0.15, -0.1) is 0 Å². The molecular weight excluding hydrogens is 176 g/mol. The molecule has 0 heterocycles. The van der Waals surface area contributed by atoms with Gasteiger partial charge in [0.1, 0.15) is 0 Å². The lowest BCUT2D eigenvalue weighted by atomic mass is 10.5. The zero-order valence-corrected chi connectivity index (χ0v) is 7.39. The van der Waals surface area contributed by atoms with Crippen LogP contribution in [0, 0.1) is 0 Å². The van der Waals surface area contributed by atoms with Gasteiger partial charge in [0.2, 0.25) is 0 Å². The molecule has 0 aliphatic carbocycles. The normalized spacial score (nSPS) is 10.6. The number of hydrogen-bond donors (Lipinski definition) is 0. The van der Waals surface area contributed by atoms with Gasteiger partial charge in [-0.2, -0.15) is 0 Å². The van der Waals surface area contributed by atoms with Gasteiger partial charge in [0.15, 0.2) is 0 Å². The lowest BCUT2D eigenvalue weighted by Gasteiger charge is -1.87. The number of oxime groups is 2. The first kappa shape index (κ1) is 11.3. The van der Waals surface area contributed by atoms with Crippen LogP contribution in [0.1, 0.15) is 20.3 Å². The average Bonchev–Trinajstić information content (AvgIpc) is 2.01. The first-order valence-corrected chi connectivity index (χ1v) is 3.51. The summed E-state index contributed by atoms with van der Waals surface area (Å²) >= 11 is 0. The van der Waals surface area contributed by atoms with Crippen LogP contribution in [0.4, 0.5) is 0 Å². The maximum Gasteiger partial charge on any atom is 0.331 e. The van der Waals surface area contributed by atoms with Crippen molar-refractivity contribution in [3.8, 4) is 0 Å². The summed E-state index contributed by atoms with van der Waals surface area (Å²) in [7, 11) is 0. The van der Waals surface area contributed by atoms with Crippen LogP contribution in [-0.4, -0.2) is 24.4 Å². The number of rotatable bonds is 4. The number of hydrogen-bond acceptors (Lipinski definition) is 6. The minimum Gasteiger partial charge on any atom is -0.319 e. The Morgan fingerprint density at radius 1 is 1.08 bits per heavy atom. The van der Waals surface area contributed by atoms with E-state index in [2.05, 4.69) is 20.0 Å². The van der Waals surface area contributed by atoms with Gasteiger partial charge in [-0.3, -0.25) is 0 Å². The number of nitrogens with zero attached hydrogens (tertiary/aromatic N) is 2. The molecular formula is C7H10N2O4. The predicted octanol–water partition coefficient (Wildman–Crippen LogP) is 0.474. The maximum atomic E-state index is 10.2. The van der Waals surface area contributed by atoms with Crippen molar-refractivity contribution in [1.82, 2.24) is 0 Å². The fourth-order valence-corrected chi connectivity index (χ4v) is 0.356. The van der Waals surface area contributed by atoms with Crippen molar-refractivity contribution in [3.05, 3.63) is 0 Å². The molecule has 0 saturated carbocycles. The van der Waals surface area contributed by atoms with Crippen LogP contribution in [0.3, 0.4) is 0 Å². The molecule has 0 amide bonds. The van der Waals surface area contributed by atoms with E-state index in [0.29, 0.717) is 6.42 Å². The Morgan fingerprint density at radius 3 is 1.77 bits per heavy atom. The van der Waals surface area contributed by atoms with E-state index in [1.807, 2.05) is 0 Å². The van der Waals surface area contributed by atoms with E-state index in [4.69, 9.17) is 0 Å². The van der Waals surface area contributed by atoms with Gasteiger partial charge >= 0.3 is 11.9 Å². The Bertz CT molecular complexity index is 211. The first-order valence-electron chi connectivity index (χ1n) is 3.51. The van der Waals surface area contributed by atoms with Crippen LogP contribution in [-0.2, 0) is 19.3 Å². The molecule has 13 heavy (non-hydrogen) atoms. The van der Waals surface area contributed by atoms with Crippen LogP contribution in [0.15, 0.2) is 10.3 Å². The second-order valence-electron chi connectivity index (χ2n) is 1.98. The third-order valence-electron chi connectivity index (χ3n) is 0.722. The molecule has 0 fully saturated rings. The molecule has 6 heteroatoms. The Balaban J connectivity index is 3.43. The van der Waals surface area contributed by atoms with Crippen molar-refractivity contribution in [3.63, 3.8) is 0 Å². The summed E-state index contributed by atoms with van der Waals surface area (Å²) in [4.78, 5) is 28.8. The van der Waals surface area contributed by atoms with Crippen molar-refractivity contribution < 1.29 is 19.3 Å². The van der Waals surface area contributed by atoms with Gasteiger partial charge in [-0.05, 0) is 0 Å². The summed E-state index contributed by atoms with van der Waals surface area (Å²) in [6.07, 6.45) is 2.95. The van der Waals surface area contributed by atoms with Gasteiger partial charge in [0.25, 0.3) is 0 Å². The van der Waals surface area contributed by atoms with Crippen molar-refractivity contribution in [2.24, 2.45) is 10.3 Å². The van der Waals surface area contributed by atoms with E-state index in [0.717, 1.165) is 0 Å². The molecule has 0 aromatic rings. The van der Waals surface area contributed by atoms with E-state index in [-0.39, 0.29) is 0 Å². The summed E-state index contributed by atoms with van der Waals surface area (Å²) in [6.45, 7) is 2.48. The lowest BCUT2D eigenvalue weighted by molar-refractivity contribution is -0.141. The standard InChI is InChI=1S/C7H10N2O4/c1-6(10)12-8-4-3-5-9-13-7(2)11/h4-5H,3H2,1-2H3. The molecule has 0 bridgehead atoms. The van der Waals surface area contributed by atoms with Crippen LogP contribution in [0.25, 0.3) is 0 Å². The Kier molecular flexibility index (Phi) is 6.04. The molecule has 0 aliphatic heterocycles. The molecule has 0 saturated heterocycles. The van der Waals surface area contributed by atoms with Crippen LogP contribution in [0.5, 0.6) is 0 Å². The largest absolute Gasteiger partial charge is 0.331 e. The van der Waals surface area contributed by atoms with Gasteiger partial charge in [-0.1, -0.05) is 10.3 Å². The Morgan fingerprint density at radius 2 is 1.46 bits per heavy atom. The molecule has 0 radical (unpaired) electrons. The summed E-state index contributed by atoms with van der Waals surface area (Å²) in [5.41, 5.74) is 0. The zero-order chi connectivity index (χ0) is 10.1. The smallest absolute Gasteiger partial charge is 0.319 e. The molecule has 0 aliphatic rings. The molecule has 0 spiro atoms. The summed E-state index contributed by atoms with van der Waals surface area (Å²) < 4.78 is 0. The third kappa shape index (κ3) is 10.3. The molecule has 0 unspecified atom stereocenters. The minimum absolute atomic E-state index is 0.320. The fourth-order valence-electron chi connectivity index (χ4n) is 0.356. The topological polar surface area (TPSA) is 77.3 Å². The van der Waals surface area contributed by atoms with E-state index in [9.17, 15) is 9.59 Å². The quantitative estimate of drug-likeness (QED) is 0.363. The summed E-state index contributed by atoms with van der Waals surface area (Å²) in [5.74, 6) is -0.985. The molecule has 6 nitrogen and oxygen atoms in total. The zero-order valence-electron chi connectivity index (χ0n) is 7.39. The molecule has 0 N–H and O–H groups in total. The SMILES string of the molecule is CC(=O)ON=CCC=NOC(C)=O. The first-order chi connectivity index (χ1) is 6.13. The monoisotopic (exact) mass is 186 g/mol. The Labute approximate surface area is 75.2 Å². The summed E-state index contributed by atoms with van der Waals surface area (Å²) in [6, 6.07) is 0. The molecule has 0 aromatic carbocycles. The average molecular weight is 186 g/mol. The van der Waals surface area contributed by atoms with Gasteiger partial charge in [-0.25, -0.2) is 9.59 Å². The van der Waals surface area contributed by atoms with Crippen LogP contribution < -0.4 is 0 Å². The molecule has 72 valence electrons. The Hall–Kier alpha value is -1.72. The van der Waals surface area contributed by atoms with Crippen molar-refractivity contribution in [2.75, 3.05) is 0 Å². The van der Waals surface area contributed by atoms with Crippen molar-refractivity contribution >= 4 is 24.4 Å². The highest BCUT2D eigenvalue weighted by molar-refractivity contribution is 5.79.